The van der Waals surface area contributed by atoms with E-state index in [4.69, 9.17) is 10.5 Å². The molecule has 1 atom stereocenters. The molecule has 0 fully saturated rings. The van der Waals surface area contributed by atoms with Crippen LogP contribution in [0.1, 0.15) is 12.8 Å². The Morgan fingerprint density at radius 3 is 2.69 bits per heavy atom. The van der Waals surface area contributed by atoms with Gasteiger partial charge in [-0.2, -0.15) is 0 Å². The zero-order valence-electron chi connectivity index (χ0n) is 9.39. The normalized spacial score (nSPS) is 11.9. The Kier molecular flexibility index (Phi) is 5.36. The molecule has 4 heteroatoms. The van der Waals surface area contributed by atoms with Crippen molar-refractivity contribution in [3.05, 3.63) is 30.3 Å². The Morgan fingerprint density at radius 1 is 1.38 bits per heavy atom. The highest BCUT2D eigenvalue weighted by atomic mass is 16.5. The van der Waals surface area contributed by atoms with Crippen LogP contribution in [0.5, 0.6) is 5.75 Å². The zero-order valence-corrected chi connectivity index (χ0v) is 9.39. The van der Waals surface area contributed by atoms with Crippen molar-refractivity contribution in [3.63, 3.8) is 0 Å². The summed E-state index contributed by atoms with van der Waals surface area (Å²) >= 11 is 0. The maximum absolute atomic E-state index is 11.0. The summed E-state index contributed by atoms with van der Waals surface area (Å²) in [4.78, 5) is 11.0. The van der Waals surface area contributed by atoms with E-state index < -0.39 is 6.04 Å². The van der Waals surface area contributed by atoms with E-state index in [0.717, 1.165) is 12.2 Å². The van der Waals surface area contributed by atoms with Crippen molar-refractivity contribution in [2.24, 2.45) is 5.73 Å². The van der Waals surface area contributed by atoms with Gasteiger partial charge in [0.05, 0.1) is 13.7 Å². The smallest absolute Gasteiger partial charge is 0.322 e. The van der Waals surface area contributed by atoms with Crippen LogP contribution in [0.4, 0.5) is 0 Å². The van der Waals surface area contributed by atoms with Crippen molar-refractivity contribution >= 4 is 5.97 Å². The first-order valence-corrected chi connectivity index (χ1v) is 5.25. The third-order valence-electron chi connectivity index (χ3n) is 2.18. The predicted octanol–water partition coefficient (Wildman–Crippen LogP) is 1.35. The molecular formula is C12H17NO3. The fourth-order valence-electron chi connectivity index (χ4n) is 1.28. The first-order valence-electron chi connectivity index (χ1n) is 5.25. The standard InChI is InChI=1S/C12H17NO3/c1-15-12(14)11(13)8-5-9-16-10-6-3-2-4-7-10/h2-4,6-7,11H,5,8-9,13H2,1H3. The van der Waals surface area contributed by atoms with E-state index in [2.05, 4.69) is 4.74 Å². The second-order valence-electron chi connectivity index (χ2n) is 3.43. The van der Waals surface area contributed by atoms with E-state index in [1.165, 1.54) is 7.11 Å². The fraction of sp³-hybridized carbons (Fsp3) is 0.417. The quantitative estimate of drug-likeness (QED) is 0.584. The van der Waals surface area contributed by atoms with Crippen molar-refractivity contribution < 1.29 is 14.3 Å². The molecule has 0 aliphatic carbocycles. The molecule has 1 rings (SSSR count). The molecule has 0 saturated carbocycles. The maximum atomic E-state index is 11.0. The van der Waals surface area contributed by atoms with Crippen LogP contribution in [-0.4, -0.2) is 25.7 Å². The summed E-state index contributed by atoms with van der Waals surface area (Å²) in [7, 11) is 1.34. The van der Waals surface area contributed by atoms with Crippen LogP contribution < -0.4 is 10.5 Å². The van der Waals surface area contributed by atoms with Crippen LogP contribution in [0.3, 0.4) is 0 Å². The average Bonchev–Trinajstić information content (AvgIpc) is 2.34. The molecule has 2 N–H and O–H groups in total. The van der Waals surface area contributed by atoms with Gasteiger partial charge in [0.25, 0.3) is 0 Å². The fourth-order valence-corrected chi connectivity index (χ4v) is 1.28. The second kappa shape index (κ2) is 6.85. The summed E-state index contributed by atoms with van der Waals surface area (Å²) in [5.41, 5.74) is 5.58. The van der Waals surface area contributed by atoms with Crippen molar-refractivity contribution in [2.75, 3.05) is 13.7 Å². The number of para-hydroxylation sites is 1. The van der Waals surface area contributed by atoms with Gasteiger partial charge in [-0.15, -0.1) is 0 Å². The number of nitrogens with two attached hydrogens (primary N) is 1. The van der Waals surface area contributed by atoms with Gasteiger partial charge in [0.1, 0.15) is 11.8 Å². The molecule has 1 unspecified atom stereocenters. The lowest BCUT2D eigenvalue weighted by Crippen LogP contribution is -2.31. The Bertz CT molecular complexity index is 313. The van der Waals surface area contributed by atoms with Crippen molar-refractivity contribution in [1.29, 1.82) is 0 Å². The van der Waals surface area contributed by atoms with Crippen LogP contribution in [0.25, 0.3) is 0 Å². The molecule has 0 aromatic heterocycles. The summed E-state index contributed by atoms with van der Waals surface area (Å²) < 4.78 is 9.98. The minimum Gasteiger partial charge on any atom is -0.494 e. The van der Waals surface area contributed by atoms with Gasteiger partial charge in [0.15, 0.2) is 0 Å². The van der Waals surface area contributed by atoms with Crippen LogP contribution in [0.15, 0.2) is 30.3 Å². The molecule has 0 amide bonds. The summed E-state index contributed by atoms with van der Waals surface area (Å²) in [5, 5.41) is 0. The van der Waals surface area contributed by atoms with E-state index >= 15 is 0 Å². The highest BCUT2D eigenvalue weighted by molar-refractivity contribution is 5.75. The number of carbonyl (C=O) groups excluding carboxylic acids is 1. The lowest BCUT2D eigenvalue weighted by atomic mass is 10.2. The van der Waals surface area contributed by atoms with Gasteiger partial charge >= 0.3 is 5.97 Å². The Morgan fingerprint density at radius 2 is 2.06 bits per heavy atom. The number of carbonyl (C=O) groups is 1. The van der Waals surface area contributed by atoms with E-state index in [9.17, 15) is 4.79 Å². The minimum absolute atomic E-state index is 0.375. The number of rotatable bonds is 6. The largest absolute Gasteiger partial charge is 0.494 e. The molecule has 0 aliphatic heterocycles. The van der Waals surface area contributed by atoms with Gasteiger partial charge < -0.3 is 15.2 Å². The van der Waals surface area contributed by atoms with Gasteiger partial charge in [0, 0.05) is 0 Å². The topological polar surface area (TPSA) is 61.5 Å². The number of benzene rings is 1. The number of ether oxygens (including phenoxy) is 2. The number of hydrogen-bond acceptors (Lipinski definition) is 4. The minimum atomic E-state index is -0.552. The zero-order chi connectivity index (χ0) is 11.8. The Labute approximate surface area is 95.3 Å². The summed E-state index contributed by atoms with van der Waals surface area (Å²) in [6.45, 7) is 0.550. The summed E-state index contributed by atoms with van der Waals surface area (Å²) in [5.74, 6) is 0.453. The molecule has 0 heterocycles. The molecule has 4 nitrogen and oxygen atoms in total. The van der Waals surface area contributed by atoms with Crippen molar-refractivity contribution in [2.45, 2.75) is 18.9 Å². The lowest BCUT2D eigenvalue weighted by molar-refractivity contribution is -0.142. The van der Waals surface area contributed by atoms with Gasteiger partial charge in [-0.1, -0.05) is 18.2 Å². The highest BCUT2D eigenvalue weighted by Gasteiger charge is 2.12. The van der Waals surface area contributed by atoms with Crippen LogP contribution >= 0.6 is 0 Å². The maximum Gasteiger partial charge on any atom is 0.322 e. The first-order chi connectivity index (χ1) is 7.74. The highest BCUT2D eigenvalue weighted by Crippen LogP contribution is 2.09. The lowest BCUT2D eigenvalue weighted by Gasteiger charge is -2.09. The van der Waals surface area contributed by atoms with Gasteiger partial charge in [-0.3, -0.25) is 4.79 Å². The van der Waals surface area contributed by atoms with Crippen LogP contribution in [0, 0.1) is 0 Å². The summed E-state index contributed by atoms with van der Waals surface area (Å²) in [6, 6.07) is 8.98. The first kappa shape index (κ1) is 12.5. The molecule has 1 aromatic rings. The Balaban J connectivity index is 2.15. The average molecular weight is 223 g/mol. The third-order valence-corrected chi connectivity index (χ3v) is 2.18. The molecule has 88 valence electrons. The van der Waals surface area contributed by atoms with Crippen molar-refractivity contribution in [3.8, 4) is 5.75 Å². The van der Waals surface area contributed by atoms with E-state index in [-0.39, 0.29) is 5.97 Å². The van der Waals surface area contributed by atoms with Gasteiger partial charge in [0.2, 0.25) is 0 Å². The molecular weight excluding hydrogens is 206 g/mol. The second-order valence-corrected chi connectivity index (χ2v) is 3.43. The van der Waals surface area contributed by atoms with Crippen molar-refractivity contribution in [1.82, 2.24) is 0 Å². The number of methoxy groups -OCH3 is 1. The third kappa shape index (κ3) is 4.31. The molecule has 16 heavy (non-hydrogen) atoms. The van der Waals surface area contributed by atoms with Gasteiger partial charge in [-0.05, 0) is 25.0 Å². The molecule has 0 radical (unpaired) electrons. The SMILES string of the molecule is COC(=O)C(N)CCCOc1ccccc1. The van der Waals surface area contributed by atoms with Gasteiger partial charge in [-0.25, -0.2) is 0 Å². The van der Waals surface area contributed by atoms with E-state index in [0.29, 0.717) is 13.0 Å². The predicted molar refractivity (Wildman–Crippen MR) is 61.2 cm³/mol. The number of hydrogen-bond donors (Lipinski definition) is 1. The monoisotopic (exact) mass is 223 g/mol. The van der Waals surface area contributed by atoms with E-state index in [1.54, 1.807) is 0 Å². The van der Waals surface area contributed by atoms with Crippen LogP contribution in [0.2, 0.25) is 0 Å². The molecule has 0 bridgehead atoms. The Hall–Kier alpha value is -1.55. The molecule has 0 spiro atoms. The van der Waals surface area contributed by atoms with E-state index in [1.807, 2.05) is 30.3 Å². The van der Waals surface area contributed by atoms with Crippen LogP contribution in [-0.2, 0) is 9.53 Å². The molecule has 0 aliphatic rings. The molecule has 0 saturated heterocycles. The summed E-state index contributed by atoms with van der Waals surface area (Å²) in [6.07, 6.45) is 1.30. The number of esters is 1. The molecule has 1 aromatic carbocycles.